The Hall–Kier alpha value is -0.0800. The largest absolute Gasteiger partial charge is 0.317 e. The predicted molar refractivity (Wildman–Crippen MR) is 97.6 cm³/mol. The van der Waals surface area contributed by atoms with Crippen LogP contribution in [0.1, 0.15) is 84.5 Å². The Morgan fingerprint density at radius 3 is 2.26 bits per heavy atom. The van der Waals surface area contributed by atoms with Gasteiger partial charge in [0.1, 0.15) is 0 Å². The van der Waals surface area contributed by atoms with E-state index in [9.17, 15) is 0 Å². The van der Waals surface area contributed by atoms with Gasteiger partial charge in [-0.15, -0.1) is 0 Å². The molecule has 4 saturated carbocycles. The van der Waals surface area contributed by atoms with Gasteiger partial charge in [0, 0.05) is 18.6 Å². The van der Waals surface area contributed by atoms with Crippen molar-refractivity contribution < 1.29 is 0 Å². The molecular weight excluding hydrogens is 280 g/mol. The van der Waals surface area contributed by atoms with E-state index in [4.69, 9.17) is 0 Å². The Labute approximate surface area is 143 Å². The highest BCUT2D eigenvalue weighted by Crippen LogP contribution is 2.58. The van der Waals surface area contributed by atoms with Crippen LogP contribution in [0, 0.1) is 22.2 Å². The van der Waals surface area contributed by atoms with Crippen LogP contribution < -0.4 is 10.6 Å². The molecule has 0 heterocycles. The van der Waals surface area contributed by atoms with Crippen LogP contribution in [0.2, 0.25) is 0 Å². The molecule has 0 amide bonds. The van der Waals surface area contributed by atoms with Gasteiger partial charge in [-0.2, -0.15) is 0 Å². The fourth-order valence-electron chi connectivity index (χ4n) is 7.03. The van der Waals surface area contributed by atoms with Crippen LogP contribution in [-0.4, -0.2) is 25.7 Å². The zero-order valence-corrected chi connectivity index (χ0v) is 15.7. The molecule has 4 aliphatic carbocycles. The van der Waals surface area contributed by atoms with Gasteiger partial charge in [0.2, 0.25) is 0 Å². The van der Waals surface area contributed by atoms with Crippen molar-refractivity contribution >= 4 is 0 Å². The van der Waals surface area contributed by atoms with Crippen LogP contribution in [0.3, 0.4) is 0 Å². The summed E-state index contributed by atoms with van der Waals surface area (Å²) in [4.78, 5) is 0. The zero-order valence-electron chi connectivity index (χ0n) is 15.7. The molecule has 0 bridgehead atoms. The first-order chi connectivity index (χ1) is 10.9. The minimum Gasteiger partial charge on any atom is -0.317 e. The van der Waals surface area contributed by atoms with Gasteiger partial charge in [-0.1, -0.05) is 20.3 Å². The molecule has 0 saturated heterocycles. The predicted octanol–water partition coefficient (Wildman–Crippen LogP) is 4.49. The molecule has 0 radical (unpaired) electrons. The fraction of sp³-hybridized carbons (Fsp3) is 1.00. The summed E-state index contributed by atoms with van der Waals surface area (Å²) in [7, 11) is 2.15. The Kier molecular flexibility index (Phi) is 4.08. The van der Waals surface area contributed by atoms with E-state index in [1.807, 2.05) is 0 Å². The highest BCUT2D eigenvalue weighted by Gasteiger charge is 2.51. The molecule has 4 atom stereocenters. The monoisotopic (exact) mass is 318 g/mol. The fourth-order valence-corrected chi connectivity index (χ4v) is 7.03. The van der Waals surface area contributed by atoms with Crippen molar-refractivity contribution in [3.63, 3.8) is 0 Å². The molecule has 4 aliphatic rings. The van der Waals surface area contributed by atoms with Crippen molar-refractivity contribution in [1.82, 2.24) is 10.6 Å². The number of rotatable bonds is 4. The van der Waals surface area contributed by atoms with E-state index in [0.717, 1.165) is 23.4 Å². The van der Waals surface area contributed by atoms with Gasteiger partial charge in [0.25, 0.3) is 0 Å². The maximum absolute atomic E-state index is 3.98. The molecule has 4 rings (SSSR count). The van der Waals surface area contributed by atoms with E-state index in [2.05, 4.69) is 31.5 Å². The van der Waals surface area contributed by atoms with Crippen molar-refractivity contribution in [2.75, 3.05) is 13.6 Å². The second-order valence-electron chi connectivity index (χ2n) is 10.5. The van der Waals surface area contributed by atoms with Gasteiger partial charge >= 0.3 is 0 Å². The van der Waals surface area contributed by atoms with Crippen molar-refractivity contribution in [3.8, 4) is 0 Å². The second-order valence-corrected chi connectivity index (χ2v) is 10.5. The molecule has 2 heteroatoms. The number of nitrogens with one attached hydrogen (secondary N) is 2. The molecule has 2 N–H and O–H groups in total. The Morgan fingerprint density at radius 2 is 1.61 bits per heavy atom. The summed E-state index contributed by atoms with van der Waals surface area (Å²) in [6, 6.07) is 1.63. The maximum Gasteiger partial charge on any atom is 0.00778 e. The third-order valence-electron chi connectivity index (χ3n) is 8.30. The summed E-state index contributed by atoms with van der Waals surface area (Å²) in [5, 5.41) is 7.51. The summed E-state index contributed by atoms with van der Waals surface area (Å²) in [5.74, 6) is 0.991. The van der Waals surface area contributed by atoms with Gasteiger partial charge in [0.05, 0.1) is 0 Å². The highest BCUT2D eigenvalue weighted by molar-refractivity contribution is 5.05. The van der Waals surface area contributed by atoms with Crippen LogP contribution >= 0.6 is 0 Å². The normalized spacial score (nSPS) is 52.6. The van der Waals surface area contributed by atoms with Gasteiger partial charge in [0.15, 0.2) is 0 Å². The second kappa shape index (κ2) is 5.73. The molecule has 0 aliphatic heterocycles. The average molecular weight is 319 g/mol. The standard InChI is InChI=1S/C21H38N2/c1-16-4-6-21(10-16)12-18(13-21)23-15-19(2)8-9-20(14-19)7-5-17(11-20)22-3/h16-18,22-23H,4-15H2,1-3H3/t16-,17?,18?,19+,20?,21?/m1/s1. The lowest BCUT2D eigenvalue weighted by Crippen LogP contribution is -2.50. The SMILES string of the molecule is CNC1CCC2(CC[C@](C)(CNC3CC4(CC[C@@H](C)C4)C3)C2)C1. The molecule has 2 unspecified atom stereocenters. The van der Waals surface area contributed by atoms with E-state index in [1.165, 1.54) is 77.2 Å². The van der Waals surface area contributed by atoms with Crippen LogP contribution in [0.15, 0.2) is 0 Å². The Balaban J connectivity index is 1.24. The van der Waals surface area contributed by atoms with Crippen LogP contribution in [0.25, 0.3) is 0 Å². The zero-order chi connectivity index (χ0) is 16.1. The summed E-state index contributed by atoms with van der Waals surface area (Å²) >= 11 is 0. The minimum atomic E-state index is 0.564. The van der Waals surface area contributed by atoms with Crippen molar-refractivity contribution in [1.29, 1.82) is 0 Å². The topological polar surface area (TPSA) is 24.1 Å². The van der Waals surface area contributed by atoms with Crippen LogP contribution in [0.5, 0.6) is 0 Å². The average Bonchev–Trinajstić information content (AvgIpc) is 3.15. The van der Waals surface area contributed by atoms with Gasteiger partial charge < -0.3 is 10.6 Å². The number of hydrogen-bond acceptors (Lipinski definition) is 2. The summed E-state index contributed by atoms with van der Waals surface area (Å²) in [6.07, 6.45) is 16.2. The lowest BCUT2D eigenvalue weighted by Gasteiger charge is -2.47. The molecule has 2 spiro atoms. The Morgan fingerprint density at radius 1 is 0.870 bits per heavy atom. The van der Waals surface area contributed by atoms with Crippen molar-refractivity contribution in [2.24, 2.45) is 22.2 Å². The van der Waals surface area contributed by atoms with E-state index in [-0.39, 0.29) is 0 Å². The third kappa shape index (κ3) is 3.11. The molecule has 2 nitrogen and oxygen atoms in total. The first kappa shape index (κ1) is 16.4. The van der Waals surface area contributed by atoms with Gasteiger partial charge in [-0.05, 0) is 93.4 Å². The lowest BCUT2D eigenvalue weighted by molar-refractivity contribution is 0.0763. The summed E-state index contributed by atoms with van der Waals surface area (Å²) in [5.41, 5.74) is 2.01. The molecule has 4 fully saturated rings. The first-order valence-corrected chi connectivity index (χ1v) is 10.3. The van der Waals surface area contributed by atoms with E-state index in [0.29, 0.717) is 10.8 Å². The summed E-state index contributed by atoms with van der Waals surface area (Å²) < 4.78 is 0. The quantitative estimate of drug-likeness (QED) is 0.798. The van der Waals surface area contributed by atoms with E-state index < -0.39 is 0 Å². The lowest BCUT2D eigenvalue weighted by atomic mass is 9.64. The van der Waals surface area contributed by atoms with Crippen molar-refractivity contribution in [3.05, 3.63) is 0 Å². The number of hydrogen-bond donors (Lipinski definition) is 2. The van der Waals surface area contributed by atoms with E-state index in [1.54, 1.807) is 0 Å². The molecular formula is C21H38N2. The molecule has 0 aromatic rings. The molecule has 0 aromatic heterocycles. The van der Waals surface area contributed by atoms with Crippen LogP contribution in [0.4, 0.5) is 0 Å². The van der Waals surface area contributed by atoms with Crippen molar-refractivity contribution in [2.45, 2.75) is 96.6 Å². The molecule has 0 aromatic carbocycles. The molecule has 23 heavy (non-hydrogen) atoms. The molecule has 132 valence electrons. The first-order valence-electron chi connectivity index (χ1n) is 10.3. The van der Waals surface area contributed by atoms with E-state index >= 15 is 0 Å². The maximum atomic E-state index is 3.98. The minimum absolute atomic E-state index is 0.564. The highest BCUT2D eigenvalue weighted by atomic mass is 15.0. The third-order valence-corrected chi connectivity index (χ3v) is 8.30. The summed E-state index contributed by atoms with van der Waals surface area (Å²) in [6.45, 7) is 6.29. The van der Waals surface area contributed by atoms with Gasteiger partial charge in [-0.25, -0.2) is 0 Å². The smallest absolute Gasteiger partial charge is 0.00778 e. The van der Waals surface area contributed by atoms with Crippen LogP contribution in [-0.2, 0) is 0 Å². The van der Waals surface area contributed by atoms with Gasteiger partial charge in [-0.3, -0.25) is 0 Å². The Bertz CT molecular complexity index is 441.